The highest BCUT2D eigenvalue weighted by Crippen LogP contribution is 2.44. The van der Waals surface area contributed by atoms with Crippen molar-refractivity contribution in [2.75, 3.05) is 0 Å². The summed E-state index contributed by atoms with van der Waals surface area (Å²) in [6.45, 7) is 5.62. The van der Waals surface area contributed by atoms with Gasteiger partial charge in [-0.1, -0.05) is 56.2 Å². The molecule has 43 heavy (non-hydrogen) atoms. The minimum Gasteiger partial charge on any atom is -0.507 e. The number of hydrogen-bond acceptors (Lipinski definition) is 8. The average Bonchev–Trinajstić information content (AvgIpc) is 2.96. The van der Waals surface area contributed by atoms with Crippen LogP contribution in [0.2, 0.25) is 0 Å². The van der Waals surface area contributed by atoms with Crippen LogP contribution >= 0.6 is 0 Å². The number of aliphatic hydroxyl groups excluding tert-OH is 1. The van der Waals surface area contributed by atoms with Crippen LogP contribution in [0.5, 0.6) is 11.5 Å². The van der Waals surface area contributed by atoms with Gasteiger partial charge in [-0.2, -0.15) is 0 Å². The molecule has 224 valence electrons. The number of fused-ring (bicyclic) bond motifs is 4. The lowest BCUT2D eigenvalue weighted by atomic mass is 9.79. The molecule has 0 saturated carbocycles. The van der Waals surface area contributed by atoms with Crippen LogP contribution in [-0.2, 0) is 14.3 Å². The van der Waals surface area contributed by atoms with Crippen molar-refractivity contribution in [1.29, 1.82) is 0 Å². The fourth-order valence-electron chi connectivity index (χ4n) is 6.00. The molecule has 8 nitrogen and oxygen atoms in total. The van der Waals surface area contributed by atoms with E-state index < -0.39 is 47.7 Å². The Labute approximate surface area is 250 Å². The van der Waals surface area contributed by atoms with Gasteiger partial charge in [0.25, 0.3) is 0 Å². The number of rotatable bonds is 8. The average molecular weight is 585 g/mol. The summed E-state index contributed by atoms with van der Waals surface area (Å²) in [5.74, 6) is -2.13. The zero-order valence-corrected chi connectivity index (χ0v) is 24.5. The van der Waals surface area contributed by atoms with Crippen LogP contribution in [0.4, 0.5) is 0 Å². The summed E-state index contributed by atoms with van der Waals surface area (Å²) in [6.07, 6.45) is 7.42. The number of benzene rings is 3. The number of unbranched alkanes of at least 4 members (excludes halogenated alkanes) is 3. The number of carbonyl (C=O) groups excluding carboxylic acids is 3. The van der Waals surface area contributed by atoms with E-state index >= 15 is 0 Å². The molecule has 3 aromatic rings. The third-order valence-corrected chi connectivity index (χ3v) is 8.12. The molecule has 2 aliphatic rings. The topological polar surface area (TPSA) is 130 Å². The molecule has 0 aromatic heterocycles. The number of hydrogen-bond donors (Lipinski definition) is 3. The lowest BCUT2D eigenvalue weighted by Crippen LogP contribution is -2.46. The predicted molar refractivity (Wildman–Crippen MR) is 162 cm³/mol. The smallest absolute Gasteiger partial charge is 0.331 e. The van der Waals surface area contributed by atoms with E-state index in [0.717, 1.165) is 31.2 Å². The summed E-state index contributed by atoms with van der Waals surface area (Å²) in [5, 5.41) is 33.8. The molecule has 0 amide bonds. The van der Waals surface area contributed by atoms with Crippen molar-refractivity contribution in [2.24, 2.45) is 0 Å². The molecular weight excluding hydrogens is 548 g/mol. The van der Waals surface area contributed by atoms with Gasteiger partial charge in [-0.05, 0) is 55.8 Å². The Hall–Kier alpha value is -4.27. The molecule has 0 spiro atoms. The molecule has 1 saturated heterocycles. The van der Waals surface area contributed by atoms with Crippen LogP contribution in [0.1, 0.15) is 95.0 Å². The molecule has 4 unspecified atom stereocenters. The number of esters is 1. The van der Waals surface area contributed by atoms with Crippen LogP contribution in [0, 0.1) is 6.92 Å². The Morgan fingerprint density at radius 3 is 2.49 bits per heavy atom. The second-order valence-corrected chi connectivity index (χ2v) is 11.3. The van der Waals surface area contributed by atoms with Gasteiger partial charge < -0.3 is 24.8 Å². The van der Waals surface area contributed by atoms with Crippen molar-refractivity contribution >= 4 is 28.3 Å². The van der Waals surface area contributed by atoms with Crippen molar-refractivity contribution in [1.82, 2.24) is 0 Å². The molecule has 5 rings (SSSR count). The number of aryl methyl sites for hydroxylation is 1. The molecule has 3 N–H and O–H groups in total. The standard InChI is InChI=1S/C35H36O8/c1-4-5-6-7-8-9-10-11-28(38)43-35-20(3)42-27(18-26(35)37)22-14-15-24-31(32(22)39)34(41)23-13-12-21-16-19(2)17-25(36)29(21)30(23)33(24)40/h8-17,20,26-27,35-37,39H,4-7,18H2,1-3H3. The Morgan fingerprint density at radius 2 is 1.74 bits per heavy atom. The van der Waals surface area contributed by atoms with Crippen LogP contribution in [0.3, 0.4) is 0 Å². The van der Waals surface area contributed by atoms with Gasteiger partial charge in [-0.3, -0.25) is 9.59 Å². The number of phenols is 2. The van der Waals surface area contributed by atoms with Gasteiger partial charge in [0.1, 0.15) is 11.5 Å². The van der Waals surface area contributed by atoms with E-state index in [2.05, 4.69) is 6.92 Å². The van der Waals surface area contributed by atoms with Crippen LogP contribution in [-0.4, -0.2) is 51.2 Å². The summed E-state index contributed by atoms with van der Waals surface area (Å²) in [5.41, 5.74) is 1.12. The second-order valence-electron chi connectivity index (χ2n) is 11.3. The van der Waals surface area contributed by atoms with E-state index in [1.807, 2.05) is 19.1 Å². The molecule has 3 aromatic carbocycles. The van der Waals surface area contributed by atoms with E-state index in [-0.39, 0.29) is 40.0 Å². The van der Waals surface area contributed by atoms with E-state index in [4.69, 9.17) is 9.47 Å². The van der Waals surface area contributed by atoms with Crippen LogP contribution < -0.4 is 0 Å². The zero-order chi connectivity index (χ0) is 30.8. The first-order chi connectivity index (χ1) is 20.6. The maximum absolute atomic E-state index is 13.7. The normalized spacial score (nSPS) is 21.9. The first-order valence-electron chi connectivity index (χ1n) is 14.7. The molecule has 1 aliphatic heterocycles. The predicted octanol–water partition coefficient (Wildman–Crippen LogP) is 6.15. The van der Waals surface area contributed by atoms with E-state index in [1.54, 1.807) is 25.1 Å². The molecule has 1 aliphatic carbocycles. The van der Waals surface area contributed by atoms with Crippen LogP contribution in [0.25, 0.3) is 10.8 Å². The summed E-state index contributed by atoms with van der Waals surface area (Å²) in [4.78, 5) is 39.7. The molecule has 4 atom stereocenters. The third-order valence-electron chi connectivity index (χ3n) is 8.12. The van der Waals surface area contributed by atoms with Crippen molar-refractivity contribution in [3.05, 3.63) is 94.1 Å². The number of aliphatic hydroxyl groups is 1. The van der Waals surface area contributed by atoms with Gasteiger partial charge in [-0.25, -0.2) is 4.79 Å². The fourth-order valence-corrected chi connectivity index (χ4v) is 6.00. The highest BCUT2D eigenvalue weighted by Gasteiger charge is 2.41. The second kappa shape index (κ2) is 12.5. The highest BCUT2D eigenvalue weighted by atomic mass is 16.6. The number of carbonyl (C=O) groups is 3. The quantitative estimate of drug-likeness (QED) is 0.0973. The minimum atomic E-state index is -1.10. The van der Waals surface area contributed by atoms with E-state index in [1.165, 1.54) is 30.3 Å². The number of ether oxygens (including phenoxy) is 2. The molecule has 1 fully saturated rings. The van der Waals surface area contributed by atoms with Crippen molar-refractivity contribution < 1.29 is 39.2 Å². The Balaban J connectivity index is 1.34. The molecular formula is C35H36O8. The van der Waals surface area contributed by atoms with E-state index in [0.29, 0.717) is 10.8 Å². The van der Waals surface area contributed by atoms with Crippen molar-refractivity contribution in [3.63, 3.8) is 0 Å². The van der Waals surface area contributed by atoms with Gasteiger partial charge in [0, 0.05) is 40.1 Å². The molecule has 1 heterocycles. The molecule has 8 heteroatoms. The first-order valence-corrected chi connectivity index (χ1v) is 14.7. The molecule has 0 bridgehead atoms. The maximum atomic E-state index is 13.7. The number of aromatic hydroxyl groups is 2. The Bertz CT molecular complexity index is 1640. The van der Waals surface area contributed by atoms with Crippen molar-refractivity contribution in [3.8, 4) is 11.5 Å². The molecule has 0 radical (unpaired) electrons. The maximum Gasteiger partial charge on any atom is 0.331 e. The Morgan fingerprint density at radius 1 is 1.02 bits per heavy atom. The van der Waals surface area contributed by atoms with Crippen LogP contribution in [0.15, 0.2) is 60.7 Å². The number of phenolic OH excluding ortho intramolecular Hbond substituents is 2. The lowest BCUT2D eigenvalue weighted by molar-refractivity contribution is -0.190. The zero-order valence-electron chi connectivity index (χ0n) is 24.5. The minimum absolute atomic E-state index is 0.00767. The summed E-state index contributed by atoms with van der Waals surface area (Å²) >= 11 is 0. The van der Waals surface area contributed by atoms with Crippen molar-refractivity contribution in [2.45, 2.75) is 77.3 Å². The van der Waals surface area contributed by atoms with Gasteiger partial charge in [0.2, 0.25) is 0 Å². The SMILES string of the molecule is CCCCCC=CC=CC(=O)OC1C(O)CC(c2ccc3c(c2O)C(=O)c2ccc4cc(C)cc(O)c4c2C3=O)OC1C. The van der Waals surface area contributed by atoms with E-state index in [9.17, 15) is 29.7 Å². The largest absolute Gasteiger partial charge is 0.507 e. The van der Waals surface area contributed by atoms with Gasteiger partial charge in [0.05, 0.1) is 23.9 Å². The lowest BCUT2D eigenvalue weighted by Gasteiger charge is -2.38. The first kappa shape index (κ1) is 30.2. The Kier molecular flexibility index (Phi) is 8.80. The fraction of sp³-hybridized carbons (Fsp3) is 0.343. The van der Waals surface area contributed by atoms with Gasteiger partial charge in [-0.15, -0.1) is 0 Å². The summed E-state index contributed by atoms with van der Waals surface area (Å²) < 4.78 is 11.5. The highest BCUT2D eigenvalue weighted by molar-refractivity contribution is 6.33. The number of allylic oxidation sites excluding steroid dienone is 3. The van der Waals surface area contributed by atoms with Gasteiger partial charge in [0.15, 0.2) is 17.7 Å². The monoisotopic (exact) mass is 584 g/mol. The summed E-state index contributed by atoms with van der Waals surface area (Å²) in [6, 6.07) is 9.53. The third kappa shape index (κ3) is 5.85. The van der Waals surface area contributed by atoms with Gasteiger partial charge >= 0.3 is 5.97 Å². The number of ketones is 2. The summed E-state index contributed by atoms with van der Waals surface area (Å²) in [7, 11) is 0.